The van der Waals surface area contributed by atoms with Crippen molar-refractivity contribution in [3.63, 3.8) is 0 Å². The molecule has 0 saturated heterocycles. The molecular formula is C16H12F2N4O3. The van der Waals surface area contributed by atoms with Crippen molar-refractivity contribution in [3.8, 4) is 11.4 Å². The van der Waals surface area contributed by atoms with Crippen molar-refractivity contribution < 1.29 is 23.0 Å². The molecule has 7 nitrogen and oxygen atoms in total. The molecule has 0 bridgehead atoms. The fourth-order valence-corrected chi connectivity index (χ4v) is 2.12. The van der Waals surface area contributed by atoms with Gasteiger partial charge in [-0.1, -0.05) is 24.3 Å². The predicted octanol–water partition coefficient (Wildman–Crippen LogP) is 2.62. The highest BCUT2D eigenvalue weighted by atomic mass is 19.3. The molecule has 0 radical (unpaired) electrons. The Kier molecular flexibility index (Phi) is 4.93. The molecule has 0 N–H and O–H groups in total. The number of tetrazole rings is 1. The van der Waals surface area contributed by atoms with Crippen LogP contribution in [0.3, 0.4) is 0 Å². The fourth-order valence-electron chi connectivity index (χ4n) is 2.12. The molecule has 0 fully saturated rings. The smallest absolute Gasteiger partial charge is 0.387 e. The van der Waals surface area contributed by atoms with E-state index in [0.717, 1.165) is 0 Å². The van der Waals surface area contributed by atoms with Crippen LogP contribution in [0.4, 0.5) is 8.78 Å². The van der Waals surface area contributed by atoms with E-state index in [1.165, 1.54) is 17.1 Å². The summed E-state index contributed by atoms with van der Waals surface area (Å²) in [5.41, 5.74) is 1.20. The van der Waals surface area contributed by atoms with Crippen LogP contribution < -0.4 is 4.74 Å². The summed E-state index contributed by atoms with van der Waals surface area (Å²) in [6, 6.07) is 12.6. The summed E-state index contributed by atoms with van der Waals surface area (Å²) in [7, 11) is 0. The number of carbonyl (C=O) groups excluding carboxylic acids is 1. The molecule has 128 valence electrons. The number of hydrogen-bond donors (Lipinski definition) is 0. The zero-order valence-electron chi connectivity index (χ0n) is 12.8. The van der Waals surface area contributed by atoms with Crippen LogP contribution in [0.5, 0.6) is 5.75 Å². The molecule has 0 aliphatic carbocycles. The van der Waals surface area contributed by atoms with Crippen molar-refractivity contribution in [2.24, 2.45) is 0 Å². The van der Waals surface area contributed by atoms with Gasteiger partial charge in [0.05, 0.1) is 11.3 Å². The lowest BCUT2D eigenvalue weighted by molar-refractivity contribution is -0.0510. The van der Waals surface area contributed by atoms with E-state index in [1.807, 2.05) is 0 Å². The Morgan fingerprint density at radius 1 is 1.16 bits per heavy atom. The summed E-state index contributed by atoms with van der Waals surface area (Å²) in [6.45, 7) is -3.15. The van der Waals surface area contributed by atoms with Crippen molar-refractivity contribution in [3.05, 3.63) is 66.0 Å². The summed E-state index contributed by atoms with van der Waals surface area (Å²) in [6.07, 6.45) is 1.39. The number of alkyl halides is 2. The van der Waals surface area contributed by atoms with Crippen LogP contribution in [-0.2, 0) is 11.3 Å². The van der Waals surface area contributed by atoms with Gasteiger partial charge in [-0.15, -0.1) is 5.10 Å². The molecule has 3 aromatic rings. The Morgan fingerprint density at radius 3 is 2.76 bits per heavy atom. The van der Waals surface area contributed by atoms with Gasteiger partial charge in [0.15, 0.2) is 0 Å². The molecule has 0 saturated carbocycles. The minimum absolute atomic E-state index is 0.0345. The van der Waals surface area contributed by atoms with Crippen molar-refractivity contribution in [2.45, 2.75) is 13.2 Å². The van der Waals surface area contributed by atoms with E-state index in [1.54, 1.807) is 42.5 Å². The topological polar surface area (TPSA) is 79.1 Å². The first kappa shape index (κ1) is 16.5. The maximum absolute atomic E-state index is 12.4. The molecule has 1 aromatic heterocycles. The Hall–Kier alpha value is -3.36. The first-order valence-electron chi connectivity index (χ1n) is 7.17. The van der Waals surface area contributed by atoms with E-state index in [-0.39, 0.29) is 17.9 Å². The number of ether oxygens (including phenoxy) is 2. The number of carbonyl (C=O) groups is 1. The molecule has 0 amide bonds. The SMILES string of the molecule is O=C(OCc1ccccc1OC(F)F)c1cccc(-n2cnnn2)c1. The monoisotopic (exact) mass is 346 g/mol. The van der Waals surface area contributed by atoms with Crippen LogP contribution in [0, 0.1) is 0 Å². The van der Waals surface area contributed by atoms with Crippen LogP contribution in [0.1, 0.15) is 15.9 Å². The van der Waals surface area contributed by atoms with Gasteiger partial charge >= 0.3 is 12.6 Å². The van der Waals surface area contributed by atoms with Crippen LogP contribution in [0.2, 0.25) is 0 Å². The van der Waals surface area contributed by atoms with Gasteiger partial charge in [0.1, 0.15) is 18.7 Å². The van der Waals surface area contributed by atoms with Gasteiger partial charge < -0.3 is 9.47 Å². The van der Waals surface area contributed by atoms with E-state index in [9.17, 15) is 13.6 Å². The Morgan fingerprint density at radius 2 is 2.00 bits per heavy atom. The highest BCUT2D eigenvalue weighted by Gasteiger charge is 2.13. The molecule has 0 atom stereocenters. The van der Waals surface area contributed by atoms with E-state index in [2.05, 4.69) is 20.3 Å². The maximum atomic E-state index is 12.4. The second-order valence-electron chi connectivity index (χ2n) is 4.87. The standard InChI is InChI=1S/C16H12F2N4O3/c17-16(18)25-14-7-2-1-4-12(14)9-24-15(23)11-5-3-6-13(8-11)22-10-19-20-21-22/h1-8,10,16H,9H2. The number of rotatable bonds is 6. The summed E-state index contributed by atoms with van der Waals surface area (Å²) in [4.78, 5) is 12.2. The van der Waals surface area contributed by atoms with Gasteiger partial charge in [0, 0.05) is 5.56 Å². The molecule has 2 aromatic carbocycles. The Labute approximate surface area is 140 Å². The third-order valence-electron chi connectivity index (χ3n) is 3.24. The van der Waals surface area contributed by atoms with Crippen molar-refractivity contribution in [1.82, 2.24) is 20.2 Å². The highest BCUT2D eigenvalue weighted by molar-refractivity contribution is 5.90. The van der Waals surface area contributed by atoms with Crippen molar-refractivity contribution in [2.75, 3.05) is 0 Å². The number of benzene rings is 2. The van der Waals surface area contributed by atoms with Crippen molar-refractivity contribution in [1.29, 1.82) is 0 Å². The largest absolute Gasteiger partial charge is 0.457 e. The average Bonchev–Trinajstić information content (AvgIpc) is 3.15. The lowest BCUT2D eigenvalue weighted by Gasteiger charge is -2.11. The van der Waals surface area contributed by atoms with E-state index in [4.69, 9.17) is 4.74 Å². The molecule has 0 aliphatic rings. The van der Waals surface area contributed by atoms with Crippen molar-refractivity contribution >= 4 is 5.97 Å². The minimum Gasteiger partial charge on any atom is -0.457 e. The maximum Gasteiger partial charge on any atom is 0.387 e. The third kappa shape index (κ3) is 4.14. The Bertz CT molecular complexity index is 856. The number of halogens is 2. The number of para-hydroxylation sites is 1. The lowest BCUT2D eigenvalue weighted by atomic mass is 10.2. The molecule has 0 spiro atoms. The fraction of sp³-hybridized carbons (Fsp3) is 0.125. The Balaban J connectivity index is 1.70. The first-order valence-corrected chi connectivity index (χ1v) is 7.17. The zero-order valence-corrected chi connectivity index (χ0v) is 12.8. The van der Waals surface area contributed by atoms with Gasteiger partial charge in [-0.25, -0.2) is 9.48 Å². The molecule has 0 unspecified atom stereocenters. The van der Waals surface area contributed by atoms with E-state index >= 15 is 0 Å². The van der Waals surface area contributed by atoms with Crippen LogP contribution in [-0.4, -0.2) is 32.8 Å². The zero-order chi connectivity index (χ0) is 17.6. The third-order valence-corrected chi connectivity index (χ3v) is 3.24. The van der Waals surface area contributed by atoms with Crippen LogP contribution >= 0.6 is 0 Å². The van der Waals surface area contributed by atoms with Gasteiger partial charge in [0.2, 0.25) is 0 Å². The molecular weight excluding hydrogens is 334 g/mol. The van der Waals surface area contributed by atoms with E-state index in [0.29, 0.717) is 11.3 Å². The second-order valence-corrected chi connectivity index (χ2v) is 4.87. The van der Waals surface area contributed by atoms with Gasteiger partial charge in [-0.05, 0) is 34.7 Å². The highest BCUT2D eigenvalue weighted by Crippen LogP contribution is 2.21. The minimum atomic E-state index is -2.95. The number of hydrogen-bond acceptors (Lipinski definition) is 6. The normalized spacial score (nSPS) is 10.7. The van der Waals surface area contributed by atoms with Crippen LogP contribution in [0.15, 0.2) is 54.9 Å². The summed E-state index contributed by atoms with van der Waals surface area (Å²) in [5.74, 6) is -0.644. The molecule has 1 heterocycles. The molecule has 9 heteroatoms. The quantitative estimate of drug-likeness (QED) is 0.639. The average molecular weight is 346 g/mol. The lowest BCUT2D eigenvalue weighted by Crippen LogP contribution is -2.09. The van der Waals surface area contributed by atoms with E-state index < -0.39 is 12.6 Å². The second kappa shape index (κ2) is 7.47. The molecule has 0 aliphatic heterocycles. The van der Waals surface area contributed by atoms with Gasteiger partial charge in [-0.2, -0.15) is 8.78 Å². The van der Waals surface area contributed by atoms with Gasteiger partial charge in [-0.3, -0.25) is 0 Å². The van der Waals surface area contributed by atoms with Crippen LogP contribution in [0.25, 0.3) is 5.69 Å². The van der Waals surface area contributed by atoms with Gasteiger partial charge in [0.25, 0.3) is 0 Å². The summed E-state index contributed by atoms with van der Waals surface area (Å²) < 4.78 is 35.8. The predicted molar refractivity (Wildman–Crippen MR) is 81.3 cm³/mol. The number of nitrogens with zero attached hydrogens (tertiary/aromatic N) is 4. The number of esters is 1. The molecule has 3 rings (SSSR count). The number of aromatic nitrogens is 4. The summed E-state index contributed by atoms with van der Waals surface area (Å²) >= 11 is 0. The molecule has 25 heavy (non-hydrogen) atoms. The summed E-state index contributed by atoms with van der Waals surface area (Å²) in [5, 5.41) is 10.8. The first-order chi connectivity index (χ1) is 12.1.